The molecular weight excluding hydrogens is 284 g/mol. The highest BCUT2D eigenvalue weighted by Gasteiger charge is 2.20. The smallest absolute Gasteiger partial charge is 0.203 e. The Morgan fingerprint density at radius 3 is 2.55 bits per heavy atom. The van der Waals surface area contributed by atoms with Crippen molar-refractivity contribution in [2.45, 2.75) is 32.9 Å². The number of benzene rings is 1. The lowest BCUT2D eigenvalue weighted by atomic mass is 9.97. The molecule has 0 saturated carbocycles. The Hall–Kier alpha value is -1.06. The minimum Gasteiger partial charge on any atom is -0.288 e. The molecule has 3 heteroatoms. The van der Waals surface area contributed by atoms with Gasteiger partial charge in [0.25, 0.3) is 0 Å². The van der Waals surface area contributed by atoms with Crippen LogP contribution in [0.25, 0.3) is 0 Å². The van der Waals surface area contributed by atoms with Gasteiger partial charge in [-0.1, -0.05) is 6.07 Å². The molecule has 1 aliphatic heterocycles. The van der Waals surface area contributed by atoms with Crippen LogP contribution in [0.1, 0.15) is 42.4 Å². The zero-order valence-corrected chi connectivity index (χ0v) is 13.7. The molecule has 0 bridgehead atoms. The summed E-state index contributed by atoms with van der Waals surface area (Å²) in [5.74, 6) is 2.43. The van der Waals surface area contributed by atoms with Gasteiger partial charge in [0.2, 0.25) is 5.78 Å². The van der Waals surface area contributed by atoms with E-state index < -0.39 is 0 Å². The maximum absolute atomic E-state index is 12.8. The summed E-state index contributed by atoms with van der Waals surface area (Å²) in [6, 6.07) is 6.27. The number of rotatable bonds is 2. The number of carbonyl (C=O) groups excluding carboxylic acids is 1. The number of thiophene rings is 1. The highest BCUT2D eigenvalue weighted by Crippen LogP contribution is 2.33. The van der Waals surface area contributed by atoms with Crippen LogP contribution >= 0.6 is 23.1 Å². The van der Waals surface area contributed by atoms with E-state index in [1.807, 2.05) is 24.8 Å². The summed E-state index contributed by atoms with van der Waals surface area (Å²) in [5, 5.41) is 0. The number of hydrogen-bond donors (Lipinski definition) is 0. The molecule has 0 amide bonds. The molecule has 0 aliphatic carbocycles. The van der Waals surface area contributed by atoms with Gasteiger partial charge in [-0.2, -0.15) is 11.8 Å². The lowest BCUT2D eigenvalue weighted by Gasteiger charge is -2.08. The first-order valence-electron chi connectivity index (χ1n) is 6.88. The molecule has 0 N–H and O–H groups in total. The van der Waals surface area contributed by atoms with Crippen molar-refractivity contribution in [3.05, 3.63) is 55.8 Å². The molecule has 3 rings (SSSR count). The summed E-state index contributed by atoms with van der Waals surface area (Å²) in [6.45, 7) is 6.20. The fourth-order valence-corrected chi connectivity index (χ4v) is 4.92. The van der Waals surface area contributed by atoms with Crippen LogP contribution in [0.2, 0.25) is 0 Å². The fraction of sp³-hybridized carbons (Fsp3) is 0.353. The Bertz CT molecular complexity index is 659. The molecule has 0 unspecified atom stereocenters. The second-order valence-corrected chi connectivity index (χ2v) is 7.68. The van der Waals surface area contributed by atoms with E-state index in [0.29, 0.717) is 0 Å². The Labute approximate surface area is 128 Å². The molecule has 1 aliphatic rings. The highest BCUT2D eigenvalue weighted by atomic mass is 32.2. The number of hydrogen-bond acceptors (Lipinski definition) is 3. The second kappa shape index (κ2) is 5.38. The molecule has 1 aromatic carbocycles. The van der Waals surface area contributed by atoms with E-state index in [1.54, 1.807) is 11.3 Å². The number of fused-ring (bicyclic) bond motifs is 1. The van der Waals surface area contributed by atoms with Crippen molar-refractivity contribution in [1.82, 2.24) is 0 Å². The Kier molecular flexibility index (Phi) is 3.74. The van der Waals surface area contributed by atoms with Gasteiger partial charge in [-0.15, -0.1) is 11.3 Å². The summed E-state index contributed by atoms with van der Waals surface area (Å²) in [5.41, 5.74) is 5.76. The first kappa shape index (κ1) is 13.9. The third kappa shape index (κ3) is 2.45. The van der Waals surface area contributed by atoms with Crippen LogP contribution in [0.3, 0.4) is 0 Å². The van der Waals surface area contributed by atoms with Crippen LogP contribution in [0.5, 0.6) is 0 Å². The van der Waals surface area contributed by atoms with Gasteiger partial charge in [0, 0.05) is 16.2 Å². The molecule has 1 nitrogen and oxygen atoms in total. The van der Waals surface area contributed by atoms with Gasteiger partial charge in [-0.25, -0.2) is 0 Å². The number of thioether (sulfide) groups is 1. The SMILES string of the molecule is Cc1cc(C)c(C(=O)c2cc3c(s2)CCSC3)cc1C. The van der Waals surface area contributed by atoms with E-state index in [1.165, 1.54) is 27.3 Å². The molecule has 0 radical (unpaired) electrons. The molecule has 0 fully saturated rings. The third-order valence-corrected chi connectivity index (χ3v) is 6.18. The van der Waals surface area contributed by atoms with Crippen molar-refractivity contribution < 1.29 is 4.79 Å². The molecule has 2 aromatic rings. The van der Waals surface area contributed by atoms with Gasteiger partial charge in [0.05, 0.1) is 4.88 Å². The molecule has 0 atom stereocenters. The summed E-state index contributed by atoms with van der Waals surface area (Å²) in [7, 11) is 0. The number of carbonyl (C=O) groups is 1. The maximum atomic E-state index is 12.8. The minimum absolute atomic E-state index is 0.190. The van der Waals surface area contributed by atoms with Crippen molar-refractivity contribution in [2.24, 2.45) is 0 Å². The zero-order chi connectivity index (χ0) is 14.3. The van der Waals surface area contributed by atoms with Crippen LogP contribution in [-0.2, 0) is 12.2 Å². The van der Waals surface area contributed by atoms with Crippen molar-refractivity contribution in [3.8, 4) is 0 Å². The second-order valence-electron chi connectivity index (χ2n) is 5.44. The van der Waals surface area contributed by atoms with Crippen molar-refractivity contribution >= 4 is 28.9 Å². The predicted molar refractivity (Wildman–Crippen MR) is 88.3 cm³/mol. The Balaban J connectivity index is 2.00. The first-order chi connectivity index (χ1) is 9.56. The summed E-state index contributed by atoms with van der Waals surface area (Å²) in [4.78, 5) is 15.1. The average molecular weight is 302 g/mol. The van der Waals surface area contributed by atoms with Crippen LogP contribution < -0.4 is 0 Å². The summed E-state index contributed by atoms with van der Waals surface area (Å²) < 4.78 is 0. The summed E-state index contributed by atoms with van der Waals surface area (Å²) >= 11 is 3.66. The Morgan fingerprint density at radius 2 is 1.80 bits per heavy atom. The molecule has 20 heavy (non-hydrogen) atoms. The Morgan fingerprint density at radius 1 is 1.05 bits per heavy atom. The molecule has 1 aromatic heterocycles. The van der Waals surface area contributed by atoms with E-state index in [4.69, 9.17) is 0 Å². The van der Waals surface area contributed by atoms with Gasteiger partial charge < -0.3 is 0 Å². The fourth-order valence-electron chi connectivity index (χ4n) is 2.60. The van der Waals surface area contributed by atoms with Crippen LogP contribution in [0, 0.1) is 20.8 Å². The monoisotopic (exact) mass is 302 g/mol. The van der Waals surface area contributed by atoms with E-state index in [2.05, 4.69) is 26.0 Å². The quantitative estimate of drug-likeness (QED) is 0.748. The highest BCUT2D eigenvalue weighted by molar-refractivity contribution is 7.98. The largest absolute Gasteiger partial charge is 0.288 e. The maximum Gasteiger partial charge on any atom is 0.203 e. The van der Waals surface area contributed by atoms with Gasteiger partial charge in [-0.05, 0) is 67.3 Å². The molecule has 0 spiro atoms. The lowest BCUT2D eigenvalue weighted by molar-refractivity contribution is 0.104. The van der Waals surface area contributed by atoms with Crippen molar-refractivity contribution in [3.63, 3.8) is 0 Å². The number of aryl methyl sites for hydroxylation is 4. The van der Waals surface area contributed by atoms with E-state index in [9.17, 15) is 4.79 Å². The third-order valence-electron chi connectivity index (χ3n) is 3.94. The zero-order valence-electron chi connectivity index (χ0n) is 12.1. The van der Waals surface area contributed by atoms with Crippen LogP contribution in [0.15, 0.2) is 18.2 Å². The molecular formula is C17H18OS2. The normalized spacial score (nSPS) is 14.2. The van der Waals surface area contributed by atoms with Gasteiger partial charge >= 0.3 is 0 Å². The minimum atomic E-state index is 0.190. The standard InChI is InChI=1S/C17H18OS2/c1-10-6-12(3)14(7-11(10)2)17(18)16-8-13-9-19-5-4-15(13)20-16/h6-8H,4-5,9H2,1-3H3. The average Bonchev–Trinajstić information content (AvgIpc) is 2.86. The van der Waals surface area contributed by atoms with Crippen molar-refractivity contribution in [2.75, 3.05) is 5.75 Å². The van der Waals surface area contributed by atoms with E-state index in [-0.39, 0.29) is 5.78 Å². The number of ketones is 1. The predicted octanol–water partition coefficient (Wildman–Crippen LogP) is 4.69. The summed E-state index contributed by atoms with van der Waals surface area (Å²) in [6.07, 6.45) is 1.11. The van der Waals surface area contributed by atoms with Gasteiger partial charge in [-0.3, -0.25) is 4.79 Å². The van der Waals surface area contributed by atoms with E-state index in [0.717, 1.165) is 28.2 Å². The lowest BCUT2D eigenvalue weighted by Crippen LogP contribution is -2.03. The molecule has 0 saturated heterocycles. The van der Waals surface area contributed by atoms with Gasteiger partial charge in [0.1, 0.15) is 0 Å². The van der Waals surface area contributed by atoms with Crippen LogP contribution in [0.4, 0.5) is 0 Å². The van der Waals surface area contributed by atoms with Crippen molar-refractivity contribution in [1.29, 1.82) is 0 Å². The van der Waals surface area contributed by atoms with E-state index >= 15 is 0 Å². The molecule has 2 heterocycles. The molecule has 104 valence electrons. The van der Waals surface area contributed by atoms with Gasteiger partial charge in [0.15, 0.2) is 0 Å². The topological polar surface area (TPSA) is 17.1 Å². The first-order valence-corrected chi connectivity index (χ1v) is 8.85. The van der Waals surface area contributed by atoms with Crippen LogP contribution in [-0.4, -0.2) is 11.5 Å².